The van der Waals surface area contributed by atoms with Crippen LogP contribution in [0.1, 0.15) is 38.6 Å². The van der Waals surface area contributed by atoms with Crippen LogP contribution in [0.25, 0.3) is 0 Å². The molecule has 0 bridgehead atoms. The van der Waals surface area contributed by atoms with Gasteiger partial charge in [-0.15, -0.1) is 0 Å². The van der Waals surface area contributed by atoms with Crippen LogP contribution in [-0.4, -0.2) is 10.9 Å². The quantitative estimate of drug-likeness (QED) is 0.853. The van der Waals surface area contributed by atoms with Gasteiger partial charge in [0, 0.05) is 11.1 Å². The third kappa shape index (κ3) is 2.83. The molecular formula is C16H18N2O2S. The summed E-state index contributed by atoms with van der Waals surface area (Å²) in [5.41, 5.74) is 9.39. The molecule has 0 unspecified atom stereocenters. The predicted octanol–water partition coefficient (Wildman–Crippen LogP) is 3.40. The summed E-state index contributed by atoms with van der Waals surface area (Å²) in [7, 11) is 0. The van der Waals surface area contributed by atoms with Gasteiger partial charge >= 0.3 is 0 Å². The lowest BCUT2D eigenvalue weighted by Gasteiger charge is -2.12. The fraction of sp³-hybridized carbons (Fsp3) is 0.250. The Bertz CT molecular complexity index is 732. The number of benzene rings is 1. The van der Waals surface area contributed by atoms with Crippen LogP contribution in [-0.2, 0) is 0 Å². The van der Waals surface area contributed by atoms with Gasteiger partial charge in [0.05, 0.1) is 11.3 Å². The Balaban J connectivity index is 2.41. The highest BCUT2D eigenvalue weighted by molar-refractivity contribution is 7.80. The number of furan rings is 1. The van der Waals surface area contributed by atoms with Gasteiger partial charge in [0.15, 0.2) is 0 Å². The van der Waals surface area contributed by atoms with Crippen LogP contribution in [0.4, 0.5) is 5.69 Å². The van der Waals surface area contributed by atoms with Crippen molar-refractivity contribution in [2.24, 2.45) is 5.73 Å². The van der Waals surface area contributed by atoms with E-state index in [0.717, 1.165) is 16.9 Å². The van der Waals surface area contributed by atoms with E-state index >= 15 is 0 Å². The number of nitrogens with one attached hydrogen (secondary N) is 1. The van der Waals surface area contributed by atoms with Crippen LogP contribution in [0.5, 0.6) is 0 Å². The van der Waals surface area contributed by atoms with E-state index in [1.165, 1.54) is 0 Å². The number of hydrogen-bond donors (Lipinski definition) is 2. The van der Waals surface area contributed by atoms with E-state index in [9.17, 15) is 4.79 Å². The van der Waals surface area contributed by atoms with E-state index in [0.29, 0.717) is 22.6 Å². The van der Waals surface area contributed by atoms with E-state index in [-0.39, 0.29) is 10.9 Å². The Morgan fingerprint density at radius 3 is 2.33 bits per heavy atom. The molecule has 5 heteroatoms. The zero-order chi connectivity index (χ0) is 15.7. The molecule has 2 rings (SSSR count). The van der Waals surface area contributed by atoms with Crippen molar-refractivity contribution in [2.75, 3.05) is 5.32 Å². The fourth-order valence-corrected chi connectivity index (χ4v) is 2.68. The van der Waals surface area contributed by atoms with Crippen molar-refractivity contribution in [1.29, 1.82) is 0 Å². The van der Waals surface area contributed by atoms with Gasteiger partial charge in [-0.1, -0.05) is 24.4 Å². The number of hydrogen-bond acceptors (Lipinski definition) is 3. The molecule has 0 aliphatic rings. The molecule has 0 aliphatic heterocycles. The monoisotopic (exact) mass is 302 g/mol. The Hall–Kier alpha value is -2.14. The molecule has 2 aromatic rings. The molecule has 0 saturated carbocycles. The standard InChI is InChI=1S/C16H18N2O2S/c1-8-6-5-7-12(13(8)15(17)21)18-16(19)14-9(2)10(3)20-11(14)4/h5-7H,1-4H3,(H2,17,21)(H,18,19). The molecule has 110 valence electrons. The smallest absolute Gasteiger partial charge is 0.259 e. The number of thiocarbonyl (C=S) groups is 1. The summed E-state index contributed by atoms with van der Waals surface area (Å²) in [5.74, 6) is 1.13. The Morgan fingerprint density at radius 1 is 1.14 bits per heavy atom. The zero-order valence-electron chi connectivity index (χ0n) is 12.5. The van der Waals surface area contributed by atoms with Crippen molar-refractivity contribution in [2.45, 2.75) is 27.7 Å². The minimum absolute atomic E-state index is 0.218. The average Bonchev–Trinajstić information content (AvgIpc) is 2.62. The highest BCUT2D eigenvalue weighted by Crippen LogP contribution is 2.24. The second kappa shape index (κ2) is 5.69. The van der Waals surface area contributed by atoms with Gasteiger partial charge in [-0.05, 0) is 39.3 Å². The SMILES string of the molecule is Cc1cccc(NC(=O)c2c(C)oc(C)c2C)c1C(N)=S. The largest absolute Gasteiger partial charge is 0.466 e. The minimum Gasteiger partial charge on any atom is -0.466 e. The van der Waals surface area contributed by atoms with Gasteiger partial charge in [-0.2, -0.15) is 0 Å². The van der Waals surface area contributed by atoms with E-state index in [4.69, 9.17) is 22.4 Å². The Labute approximate surface area is 129 Å². The lowest BCUT2D eigenvalue weighted by molar-refractivity contribution is 0.102. The normalized spacial score (nSPS) is 10.5. The summed E-state index contributed by atoms with van der Waals surface area (Å²) in [4.78, 5) is 12.8. The molecule has 1 aromatic carbocycles. The lowest BCUT2D eigenvalue weighted by Crippen LogP contribution is -2.19. The van der Waals surface area contributed by atoms with Crippen LogP contribution < -0.4 is 11.1 Å². The number of rotatable bonds is 3. The lowest BCUT2D eigenvalue weighted by atomic mass is 10.1. The first-order valence-electron chi connectivity index (χ1n) is 6.60. The summed E-state index contributed by atoms with van der Waals surface area (Å²) in [6, 6.07) is 5.55. The first kappa shape index (κ1) is 15.3. The molecule has 0 radical (unpaired) electrons. The zero-order valence-corrected chi connectivity index (χ0v) is 13.4. The topological polar surface area (TPSA) is 68.3 Å². The van der Waals surface area contributed by atoms with Gasteiger partial charge < -0.3 is 15.5 Å². The maximum Gasteiger partial charge on any atom is 0.259 e. The third-order valence-corrected chi connectivity index (χ3v) is 3.76. The molecule has 1 heterocycles. The number of amides is 1. The Morgan fingerprint density at radius 2 is 1.81 bits per heavy atom. The average molecular weight is 302 g/mol. The number of anilines is 1. The molecule has 0 spiro atoms. The van der Waals surface area contributed by atoms with Crippen molar-refractivity contribution < 1.29 is 9.21 Å². The highest BCUT2D eigenvalue weighted by atomic mass is 32.1. The molecular weight excluding hydrogens is 284 g/mol. The molecule has 0 saturated heterocycles. The van der Waals surface area contributed by atoms with E-state index < -0.39 is 0 Å². The van der Waals surface area contributed by atoms with Crippen LogP contribution in [0, 0.1) is 27.7 Å². The summed E-state index contributed by atoms with van der Waals surface area (Å²) in [5, 5.41) is 2.88. The third-order valence-electron chi connectivity index (χ3n) is 3.56. The molecule has 0 atom stereocenters. The van der Waals surface area contributed by atoms with Crippen molar-refractivity contribution in [3.8, 4) is 0 Å². The van der Waals surface area contributed by atoms with Crippen molar-refractivity contribution in [3.63, 3.8) is 0 Å². The van der Waals surface area contributed by atoms with Crippen molar-refractivity contribution >= 4 is 28.8 Å². The predicted molar refractivity (Wildman–Crippen MR) is 87.9 cm³/mol. The van der Waals surface area contributed by atoms with Crippen molar-refractivity contribution in [3.05, 3.63) is 52.0 Å². The molecule has 4 nitrogen and oxygen atoms in total. The molecule has 3 N–H and O–H groups in total. The number of carbonyl (C=O) groups is 1. The minimum atomic E-state index is -0.218. The molecule has 0 aliphatic carbocycles. The number of carbonyl (C=O) groups excluding carboxylic acids is 1. The van der Waals surface area contributed by atoms with Crippen LogP contribution in [0.2, 0.25) is 0 Å². The molecule has 0 fully saturated rings. The number of nitrogens with two attached hydrogens (primary N) is 1. The van der Waals surface area contributed by atoms with Gasteiger partial charge in [0.1, 0.15) is 16.5 Å². The van der Waals surface area contributed by atoms with Gasteiger partial charge in [0.2, 0.25) is 0 Å². The van der Waals surface area contributed by atoms with Gasteiger partial charge in [-0.3, -0.25) is 4.79 Å². The maximum absolute atomic E-state index is 12.5. The summed E-state index contributed by atoms with van der Waals surface area (Å²) >= 11 is 5.07. The van der Waals surface area contributed by atoms with Crippen molar-refractivity contribution in [1.82, 2.24) is 0 Å². The van der Waals surface area contributed by atoms with E-state index in [2.05, 4.69) is 5.32 Å². The van der Waals surface area contributed by atoms with Gasteiger partial charge in [0.25, 0.3) is 5.91 Å². The molecule has 1 aromatic heterocycles. The fourth-order valence-electron chi connectivity index (χ4n) is 2.41. The second-order valence-corrected chi connectivity index (χ2v) is 5.47. The number of aryl methyl sites for hydroxylation is 3. The Kier molecular flexibility index (Phi) is 4.14. The summed E-state index contributed by atoms with van der Waals surface area (Å²) in [6.45, 7) is 7.39. The highest BCUT2D eigenvalue weighted by Gasteiger charge is 2.20. The first-order chi connectivity index (χ1) is 9.82. The maximum atomic E-state index is 12.5. The summed E-state index contributed by atoms with van der Waals surface area (Å²) < 4.78 is 5.49. The first-order valence-corrected chi connectivity index (χ1v) is 7.01. The summed E-state index contributed by atoms with van der Waals surface area (Å²) in [6.07, 6.45) is 0. The van der Waals surface area contributed by atoms with Gasteiger partial charge in [-0.25, -0.2) is 0 Å². The molecule has 21 heavy (non-hydrogen) atoms. The van der Waals surface area contributed by atoms with Crippen LogP contribution in [0.15, 0.2) is 22.6 Å². The van der Waals surface area contributed by atoms with E-state index in [1.807, 2.05) is 32.9 Å². The molecule has 1 amide bonds. The van der Waals surface area contributed by atoms with Crippen LogP contribution >= 0.6 is 12.2 Å². The van der Waals surface area contributed by atoms with Crippen LogP contribution in [0.3, 0.4) is 0 Å². The van der Waals surface area contributed by atoms with E-state index in [1.54, 1.807) is 13.0 Å². The second-order valence-electron chi connectivity index (χ2n) is 5.03.